The van der Waals surface area contributed by atoms with Crippen LogP contribution in [-0.2, 0) is 9.84 Å². The average Bonchev–Trinajstić information content (AvgIpc) is 2.59. The lowest BCUT2D eigenvalue weighted by molar-refractivity contribution is 0.299. The third-order valence-electron chi connectivity index (χ3n) is 4.57. The standard InChI is InChI=1S/C18H30N4O2S.HI/c1-15-5-4-6-17(13-15)16(2)14-21-18(19-3)20-7-8-22-9-11-25(23,24)12-10-22;/h4-6,13,16H,7-12,14H2,1-3H3,(H2,19,20,21);1H. The fourth-order valence-electron chi connectivity index (χ4n) is 2.87. The molecule has 1 atom stereocenters. The molecule has 1 aliphatic rings. The highest BCUT2D eigenvalue weighted by Crippen LogP contribution is 2.15. The maximum atomic E-state index is 11.4. The Morgan fingerprint density at radius 2 is 1.96 bits per heavy atom. The van der Waals surface area contributed by atoms with Gasteiger partial charge in [0.1, 0.15) is 0 Å². The molecule has 0 bridgehead atoms. The first-order valence-corrected chi connectivity index (χ1v) is 10.7. The monoisotopic (exact) mass is 494 g/mol. The van der Waals surface area contributed by atoms with Gasteiger partial charge in [0.2, 0.25) is 0 Å². The molecule has 6 nitrogen and oxygen atoms in total. The SMILES string of the molecule is CN=C(NCCN1CCS(=O)(=O)CC1)NCC(C)c1cccc(C)c1.I. The fourth-order valence-corrected chi connectivity index (χ4v) is 4.15. The van der Waals surface area contributed by atoms with Crippen LogP contribution in [0.3, 0.4) is 0 Å². The largest absolute Gasteiger partial charge is 0.356 e. The highest BCUT2D eigenvalue weighted by Gasteiger charge is 2.20. The third-order valence-corrected chi connectivity index (χ3v) is 6.18. The Bertz CT molecular complexity index is 680. The number of sulfone groups is 1. The molecule has 2 N–H and O–H groups in total. The quantitative estimate of drug-likeness (QED) is 0.357. The fraction of sp³-hybridized carbons (Fsp3) is 0.611. The van der Waals surface area contributed by atoms with Crippen LogP contribution < -0.4 is 10.6 Å². The third kappa shape index (κ3) is 7.79. The van der Waals surface area contributed by atoms with Crippen LogP contribution in [-0.4, -0.2) is 70.6 Å². The van der Waals surface area contributed by atoms with E-state index in [1.54, 1.807) is 7.05 Å². The van der Waals surface area contributed by atoms with Crippen molar-refractivity contribution in [3.8, 4) is 0 Å². The van der Waals surface area contributed by atoms with E-state index in [2.05, 4.69) is 58.6 Å². The van der Waals surface area contributed by atoms with Crippen LogP contribution in [0.4, 0.5) is 0 Å². The molecule has 0 amide bonds. The predicted octanol–water partition coefficient (Wildman–Crippen LogP) is 1.61. The normalized spacial score (nSPS) is 18.7. The summed E-state index contributed by atoms with van der Waals surface area (Å²) in [6.07, 6.45) is 0. The zero-order valence-electron chi connectivity index (χ0n) is 15.9. The number of nitrogens with one attached hydrogen (secondary N) is 2. The van der Waals surface area contributed by atoms with E-state index in [9.17, 15) is 8.42 Å². The van der Waals surface area contributed by atoms with Crippen molar-refractivity contribution in [3.05, 3.63) is 35.4 Å². The van der Waals surface area contributed by atoms with Gasteiger partial charge in [-0.15, -0.1) is 24.0 Å². The molecule has 26 heavy (non-hydrogen) atoms. The van der Waals surface area contributed by atoms with E-state index < -0.39 is 9.84 Å². The van der Waals surface area contributed by atoms with Gasteiger partial charge >= 0.3 is 0 Å². The topological polar surface area (TPSA) is 73.8 Å². The lowest BCUT2D eigenvalue weighted by Gasteiger charge is -2.26. The summed E-state index contributed by atoms with van der Waals surface area (Å²) < 4.78 is 22.9. The Morgan fingerprint density at radius 1 is 1.27 bits per heavy atom. The van der Waals surface area contributed by atoms with E-state index in [-0.39, 0.29) is 35.5 Å². The zero-order chi connectivity index (χ0) is 18.3. The van der Waals surface area contributed by atoms with E-state index >= 15 is 0 Å². The number of hydrogen-bond donors (Lipinski definition) is 2. The number of nitrogens with zero attached hydrogens (tertiary/aromatic N) is 2. The van der Waals surface area contributed by atoms with Gasteiger partial charge < -0.3 is 10.6 Å². The molecule has 0 saturated carbocycles. The summed E-state index contributed by atoms with van der Waals surface area (Å²) in [6.45, 7) is 7.94. The molecule has 0 radical (unpaired) electrons. The van der Waals surface area contributed by atoms with Crippen LogP contribution in [0.2, 0.25) is 0 Å². The second-order valence-corrected chi connectivity index (χ2v) is 8.99. The Hall–Kier alpha value is -0.870. The molecule has 1 heterocycles. The molecule has 1 unspecified atom stereocenters. The molecule has 1 aromatic carbocycles. The summed E-state index contributed by atoms with van der Waals surface area (Å²) in [7, 11) is -1.04. The van der Waals surface area contributed by atoms with Crippen molar-refractivity contribution in [1.82, 2.24) is 15.5 Å². The lowest BCUT2D eigenvalue weighted by Crippen LogP contribution is -2.46. The Balaban J connectivity index is 0.00000338. The summed E-state index contributed by atoms with van der Waals surface area (Å²) in [6, 6.07) is 8.57. The molecule has 0 aliphatic carbocycles. The molecule has 148 valence electrons. The highest BCUT2D eigenvalue weighted by atomic mass is 127. The van der Waals surface area contributed by atoms with E-state index in [0.717, 1.165) is 25.6 Å². The predicted molar refractivity (Wildman–Crippen MR) is 119 cm³/mol. The second kappa shape index (κ2) is 11.1. The first-order valence-electron chi connectivity index (χ1n) is 8.83. The average molecular weight is 494 g/mol. The van der Waals surface area contributed by atoms with Crippen molar-refractivity contribution in [2.75, 3.05) is 51.3 Å². The van der Waals surface area contributed by atoms with Gasteiger partial charge in [0, 0.05) is 39.8 Å². The van der Waals surface area contributed by atoms with Gasteiger partial charge in [-0.25, -0.2) is 8.42 Å². The number of halogens is 1. The van der Waals surface area contributed by atoms with Crippen LogP contribution in [0, 0.1) is 6.92 Å². The van der Waals surface area contributed by atoms with Gasteiger partial charge in [-0.1, -0.05) is 36.8 Å². The number of aryl methyl sites for hydroxylation is 1. The van der Waals surface area contributed by atoms with Crippen molar-refractivity contribution in [3.63, 3.8) is 0 Å². The van der Waals surface area contributed by atoms with Gasteiger partial charge in [-0.2, -0.15) is 0 Å². The number of aliphatic imine (C=N–C) groups is 1. The zero-order valence-corrected chi connectivity index (χ0v) is 19.0. The van der Waals surface area contributed by atoms with Crippen LogP contribution in [0.15, 0.2) is 29.3 Å². The van der Waals surface area contributed by atoms with Crippen molar-refractivity contribution in [2.45, 2.75) is 19.8 Å². The molecule has 1 fully saturated rings. The molecule has 1 aliphatic heterocycles. The summed E-state index contributed by atoms with van der Waals surface area (Å²) in [4.78, 5) is 6.43. The van der Waals surface area contributed by atoms with E-state index in [1.807, 2.05) is 0 Å². The lowest BCUT2D eigenvalue weighted by atomic mass is 9.99. The van der Waals surface area contributed by atoms with Crippen molar-refractivity contribution < 1.29 is 8.42 Å². The molecular formula is C18H31IN4O2S. The number of rotatable bonds is 6. The van der Waals surface area contributed by atoms with Gasteiger partial charge in [0.05, 0.1) is 11.5 Å². The molecular weight excluding hydrogens is 463 g/mol. The van der Waals surface area contributed by atoms with Crippen LogP contribution in [0.5, 0.6) is 0 Å². The smallest absolute Gasteiger partial charge is 0.191 e. The summed E-state index contributed by atoms with van der Waals surface area (Å²) >= 11 is 0. The molecule has 1 saturated heterocycles. The molecule has 2 rings (SSSR count). The van der Waals surface area contributed by atoms with Gasteiger partial charge in [0.15, 0.2) is 15.8 Å². The highest BCUT2D eigenvalue weighted by molar-refractivity contribution is 14.0. The van der Waals surface area contributed by atoms with Gasteiger partial charge in [-0.05, 0) is 18.4 Å². The van der Waals surface area contributed by atoms with E-state index in [1.165, 1.54) is 11.1 Å². The molecule has 0 spiro atoms. The van der Waals surface area contributed by atoms with Crippen LogP contribution in [0.25, 0.3) is 0 Å². The minimum atomic E-state index is -2.81. The van der Waals surface area contributed by atoms with E-state index in [0.29, 0.717) is 19.0 Å². The number of guanidine groups is 1. The minimum absolute atomic E-state index is 0. The van der Waals surface area contributed by atoms with Crippen molar-refractivity contribution in [2.24, 2.45) is 4.99 Å². The maximum absolute atomic E-state index is 11.4. The van der Waals surface area contributed by atoms with Crippen molar-refractivity contribution in [1.29, 1.82) is 0 Å². The Morgan fingerprint density at radius 3 is 2.58 bits per heavy atom. The van der Waals surface area contributed by atoms with Crippen LogP contribution in [0.1, 0.15) is 24.0 Å². The summed E-state index contributed by atoms with van der Waals surface area (Å²) in [5, 5.41) is 6.67. The summed E-state index contributed by atoms with van der Waals surface area (Å²) in [5.41, 5.74) is 2.59. The van der Waals surface area contributed by atoms with Gasteiger partial charge in [0.25, 0.3) is 0 Å². The van der Waals surface area contributed by atoms with Crippen LogP contribution >= 0.6 is 24.0 Å². The second-order valence-electron chi connectivity index (χ2n) is 6.69. The number of hydrogen-bond acceptors (Lipinski definition) is 4. The number of benzene rings is 1. The Kier molecular flexibility index (Phi) is 9.88. The first-order chi connectivity index (χ1) is 11.9. The molecule has 1 aromatic rings. The Labute approximate surface area is 174 Å². The molecule has 8 heteroatoms. The van der Waals surface area contributed by atoms with Crippen molar-refractivity contribution >= 4 is 39.8 Å². The minimum Gasteiger partial charge on any atom is -0.356 e. The maximum Gasteiger partial charge on any atom is 0.191 e. The van der Waals surface area contributed by atoms with Gasteiger partial charge in [-0.3, -0.25) is 9.89 Å². The molecule has 0 aromatic heterocycles. The van der Waals surface area contributed by atoms with E-state index in [4.69, 9.17) is 0 Å². The first kappa shape index (κ1) is 23.2. The summed E-state index contributed by atoms with van der Waals surface area (Å²) in [5.74, 6) is 1.72.